The van der Waals surface area contributed by atoms with Gasteiger partial charge in [0, 0.05) is 17.8 Å². The molecule has 0 bridgehead atoms. The van der Waals surface area contributed by atoms with E-state index in [9.17, 15) is 0 Å². The number of allylic oxidation sites excluding steroid dienone is 2. The summed E-state index contributed by atoms with van der Waals surface area (Å²) in [5, 5.41) is 4.06. The summed E-state index contributed by atoms with van der Waals surface area (Å²) in [7, 11) is 0. The third-order valence-electron chi connectivity index (χ3n) is 2.01. The van der Waals surface area contributed by atoms with Gasteiger partial charge in [0.1, 0.15) is 0 Å². The van der Waals surface area contributed by atoms with Gasteiger partial charge < -0.3 is 0 Å². The molecule has 1 atom stereocenters. The molecule has 0 aromatic carbocycles. The van der Waals surface area contributed by atoms with Crippen molar-refractivity contribution in [2.75, 3.05) is 0 Å². The van der Waals surface area contributed by atoms with E-state index >= 15 is 0 Å². The maximum Gasteiger partial charge on any atom is 0.0409 e. The number of hydrazone groups is 1. The van der Waals surface area contributed by atoms with E-state index in [2.05, 4.69) is 38.2 Å². The number of hydrogen-bond donors (Lipinski definition) is 1. The Bertz CT molecular complexity index is 198. The second-order valence-electron chi connectivity index (χ2n) is 3.57. The van der Waals surface area contributed by atoms with Crippen LogP contribution in [-0.2, 0) is 0 Å². The molecule has 11 heavy (non-hydrogen) atoms. The van der Waals surface area contributed by atoms with Gasteiger partial charge in [0.05, 0.1) is 0 Å². The highest BCUT2D eigenvalue weighted by Crippen LogP contribution is 2.22. The predicted octanol–water partition coefficient (Wildman–Crippen LogP) is 2.14. The topological polar surface area (TPSA) is 24.4 Å². The summed E-state index contributed by atoms with van der Waals surface area (Å²) in [5.74, 6) is 1.14. The Kier molecular flexibility index (Phi) is 2.32. The van der Waals surface area contributed by atoms with Gasteiger partial charge in [-0.1, -0.05) is 19.4 Å². The molecule has 0 fully saturated rings. The van der Waals surface area contributed by atoms with Crippen molar-refractivity contribution in [2.24, 2.45) is 16.9 Å². The van der Waals surface area contributed by atoms with Crippen LogP contribution in [0, 0.1) is 11.8 Å². The van der Waals surface area contributed by atoms with Gasteiger partial charge in [0.15, 0.2) is 0 Å². The van der Waals surface area contributed by atoms with Gasteiger partial charge in [-0.2, -0.15) is 5.10 Å². The Hall–Kier alpha value is -0.790. The van der Waals surface area contributed by atoms with Crippen LogP contribution in [0.4, 0.5) is 0 Å². The molecule has 2 nitrogen and oxygen atoms in total. The van der Waals surface area contributed by atoms with E-state index in [0.717, 1.165) is 0 Å². The van der Waals surface area contributed by atoms with Gasteiger partial charge in [-0.3, -0.25) is 5.43 Å². The van der Waals surface area contributed by atoms with Gasteiger partial charge in [0.2, 0.25) is 0 Å². The minimum absolute atomic E-state index is 0.500. The van der Waals surface area contributed by atoms with E-state index in [1.807, 2.05) is 6.21 Å². The summed E-state index contributed by atoms with van der Waals surface area (Å²) < 4.78 is 0. The Labute approximate surface area is 68.4 Å². The van der Waals surface area contributed by atoms with Crippen molar-refractivity contribution in [1.29, 1.82) is 0 Å². The third-order valence-corrected chi connectivity index (χ3v) is 2.01. The number of nitrogens with one attached hydrogen (secondary N) is 1. The van der Waals surface area contributed by atoms with Crippen LogP contribution >= 0.6 is 0 Å². The Morgan fingerprint density at radius 1 is 1.55 bits per heavy atom. The lowest BCUT2D eigenvalue weighted by atomic mass is 9.93. The molecule has 1 aliphatic heterocycles. The van der Waals surface area contributed by atoms with Crippen molar-refractivity contribution in [1.82, 2.24) is 5.43 Å². The summed E-state index contributed by atoms with van der Waals surface area (Å²) in [6.07, 6.45) is 1.99. The van der Waals surface area contributed by atoms with E-state index in [1.165, 1.54) is 11.3 Å². The first-order valence-corrected chi connectivity index (χ1v) is 4.09. The average Bonchev–Trinajstić information content (AvgIpc) is 2.32. The van der Waals surface area contributed by atoms with Gasteiger partial charge in [-0.15, -0.1) is 0 Å². The summed E-state index contributed by atoms with van der Waals surface area (Å²) in [5.41, 5.74) is 5.65. The number of nitrogens with zero attached hydrogens (tertiary/aromatic N) is 1. The van der Waals surface area contributed by atoms with Crippen LogP contribution in [-0.4, -0.2) is 6.21 Å². The second kappa shape index (κ2) is 3.07. The van der Waals surface area contributed by atoms with Crippen molar-refractivity contribution in [3.8, 4) is 0 Å². The van der Waals surface area contributed by atoms with Crippen molar-refractivity contribution in [3.63, 3.8) is 0 Å². The minimum Gasteiger partial charge on any atom is -0.282 e. The molecule has 0 aromatic rings. The quantitative estimate of drug-likeness (QED) is 0.611. The first-order valence-electron chi connectivity index (χ1n) is 4.09. The fourth-order valence-corrected chi connectivity index (χ4v) is 1.29. The molecule has 0 aliphatic carbocycles. The van der Waals surface area contributed by atoms with E-state index < -0.39 is 0 Å². The summed E-state index contributed by atoms with van der Waals surface area (Å²) >= 11 is 0. The van der Waals surface area contributed by atoms with Gasteiger partial charge in [-0.25, -0.2) is 0 Å². The summed E-state index contributed by atoms with van der Waals surface area (Å²) in [6, 6.07) is 0. The highest BCUT2D eigenvalue weighted by Gasteiger charge is 2.20. The van der Waals surface area contributed by atoms with Gasteiger partial charge in [-0.05, 0) is 19.8 Å². The predicted molar refractivity (Wildman–Crippen MR) is 48.3 cm³/mol. The molecule has 2 heteroatoms. The lowest BCUT2D eigenvalue weighted by molar-refractivity contribution is 0.550. The smallest absolute Gasteiger partial charge is 0.0409 e. The van der Waals surface area contributed by atoms with Crippen LogP contribution in [0.2, 0.25) is 0 Å². The minimum atomic E-state index is 0.500. The highest BCUT2D eigenvalue weighted by atomic mass is 15.3. The monoisotopic (exact) mass is 152 g/mol. The number of hydrogen-bond acceptors (Lipinski definition) is 2. The SMILES string of the molecule is CC(C)=C1NN=CC1C(C)C. The fourth-order valence-electron chi connectivity index (χ4n) is 1.29. The van der Waals surface area contributed by atoms with Crippen LogP contribution in [0.3, 0.4) is 0 Å². The van der Waals surface area contributed by atoms with Crippen molar-refractivity contribution < 1.29 is 0 Å². The van der Waals surface area contributed by atoms with E-state index in [1.54, 1.807) is 0 Å². The van der Waals surface area contributed by atoms with Gasteiger partial charge >= 0.3 is 0 Å². The molecule has 0 saturated heterocycles. The molecule has 0 saturated carbocycles. The van der Waals surface area contributed by atoms with Crippen LogP contribution in [0.5, 0.6) is 0 Å². The molecule has 1 aliphatic rings. The Balaban J connectivity index is 2.80. The molecule has 0 amide bonds. The zero-order chi connectivity index (χ0) is 8.43. The standard InChI is InChI=1S/C9H16N2/c1-6(2)8-5-10-11-9(8)7(3)4/h5-6,8,11H,1-4H3. The summed E-state index contributed by atoms with van der Waals surface area (Å²) in [4.78, 5) is 0. The Morgan fingerprint density at radius 3 is 2.55 bits per heavy atom. The molecule has 0 aromatic heterocycles. The average molecular weight is 152 g/mol. The summed E-state index contributed by atoms with van der Waals surface area (Å²) in [6.45, 7) is 8.66. The lowest BCUT2D eigenvalue weighted by Gasteiger charge is -2.14. The van der Waals surface area contributed by atoms with Crippen LogP contribution in [0.1, 0.15) is 27.7 Å². The zero-order valence-corrected chi connectivity index (χ0v) is 7.68. The fraction of sp³-hybridized carbons (Fsp3) is 0.667. The molecule has 62 valence electrons. The third kappa shape index (κ3) is 1.62. The van der Waals surface area contributed by atoms with E-state index in [0.29, 0.717) is 11.8 Å². The second-order valence-corrected chi connectivity index (χ2v) is 3.57. The molecule has 1 unspecified atom stereocenters. The molecule has 1 heterocycles. The van der Waals surface area contributed by atoms with Crippen molar-refractivity contribution in [2.45, 2.75) is 27.7 Å². The van der Waals surface area contributed by atoms with Crippen LogP contribution in [0.25, 0.3) is 0 Å². The molecule has 0 spiro atoms. The number of rotatable bonds is 1. The van der Waals surface area contributed by atoms with Crippen molar-refractivity contribution in [3.05, 3.63) is 11.3 Å². The van der Waals surface area contributed by atoms with E-state index in [-0.39, 0.29) is 0 Å². The first kappa shape index (κ1) is 8.31. The molecule has 0 radical (unpaired) electrons. The van der Waals surface area contributed by atoms with Crippen LogP contribution in [0.15, 0.2) is 16.4 Å². The molecular weight excluding hydrogens is 136 g/mol. The molecular formula is C9H16N2. The first-order chi connectivity index (χ1) is 5.13. The normalized spacial score (nSPS) is 22.6. The largest absolute Gasteiger partial charge is 0.282 e. The van der Waals surface area contributed by atoms with Crippen LogP contribution < -0.4 is 5.43 Å². The lowest BCUT2D eigenvalue weighted by Crippen LogP contribution is -2.15. The highest BCUT2D eigenvalue weighted by molar-refractivity contribution is 5.68. The zero-order valence-electron chi connectivity index (χ0n) is 7.68. The maximum absolute atomic E-state index is 4.06. The maximum atomic E-state index is 4.06. The molecule has 1 N–H and O–H groups in total. The Morgan fingerprint density at radius 2 is 2.18 bits per heavy atom. The van der Waals surface area contributed by atoms with Crippen molar-refractivity contribution >= 4 is 6.21 Å². The van der Waals surface area contributed by atoms with Gasteiger partial charge in [0.25, 0.3) is 0 Å². The molecule has 1 rings (SSSR count). The van der Waals surface area contributed by atoms with E-state index in [4.69, 9.17) is 0 Å².